The Kier molecular flexibility index (Phi) is 11.6. The zero-order chi connectivity index (χ0) is 21.3. The van der Waals surface area contributed by atoms with Crippen LogP contribution in [-0.4, -0.2) is 91.2 Å². The molecule has 0 aliphatic carbocycles. The Balaban J connectivity index is 0.00000341. The highest BCUT2D eigenvalue weighted by Gasteiger charge is 2.24. The minimum atomic E-state index is 0. The van der Waals surface area contributed by atoms with Crippen LogP contribution in [0.15, 0.2) is 17.4 Å². The van der Waals surface area contributed by atoms with Gasteiger partial charge in [0, 0.05) is 45.0 Å². The average molecular weight is 549 g/mol. The van der Waals surface area contributed by atoms with Crippen LogP contribution in [0.3, 0.4) is 0 Å². The molecule has 2 aliphatic heterocycles. The van der Waals surface area contributed by atoms with Gasteiger partial charge >= 0.3 is 0 Å². The summed E-state index contributed by atoms with van der Waals surface area (Å²) in [5.41, 5.74) is 1.19. The number of hydrogen-bond acceptors (Lipinski definition) is 5. The van der Waals surface area contributed by atoms with Gasteiger partial charge in [0.25, 0.3) is 0 Å². The molecule has 2 saturated heterocycles. The number of likely N-dealkylation sites (N-methyl/N-ethyl adjacent to an activating group) is 1. The van der Waals surface area contributed by atoms with Crippen molar-refractivity contribution in [1.82, 2.24) is 24.9 Å². The van der Waals surface area contributed by atoms with Crippen molar-refractivity contribution in [2.45, 2.75) is 57.3 Å². The van der Waals surface area contributed by atoms with Crippen LogP contribution in [0.5, 0.6) is 0 Å². The van der Waals surface area contributed by atoms with Gasteiger partial charge < -0.3 is 24.6 Å². The number of piperidine rings is 1. The van der Waals surface area contributed by atoms with E-state index in [1.807, 2.05) is 17.9 Å². The molecule has 1 aromatic heterocycles. The molecular weight excluding hydrogens is 507 g/mol. The summed E-state index contributed by atoms with van der Waals surface area (Å²) in [4.78, 5) is 9.56. The summed E-state index contributed by atoms with van der Waals surface area (Å²) in [6.45, 7) is 7.28. The summed E-state index contributed by atoms with van der Waals surface area (Å²) >= 11 is 0. The molecule has 8 nitrogen and oxygen atoms in total. The summed E-state index contributed by atoms with van der Waals surface area (Å²) in [6.07, 6.45) is 10.3. The maximum absolute atomic E-state index is 6.17. The molecule has 0 amide bonds. The normalized spacial score (nSPS) is 21.8. The van der Waals surface area contributed by atoms with Gasteiger partial charge in [-0.15, -0.1) is 24.0 Å². The molecule has 1 aromatic rings. The zero-order valence-corrected chi connectivity index (χ0v) is 22.0. The van der Waals surface area contributed by atoms with Crippen LogP contribution in [-0.2, 0) is 16.5 Å². The molecule has 2 aliphatic rings. The maximum atomic E-state index is 6.17. The summed E-state index contributed by atoms with van der Waals surface area (Å²) in [7, 11) is 6.15. The van der Waals surface area contributed by atoms with Gasteiger partial charge in [-0.3, -0.25) is 9.67 Å². The first-order chi connectivity index (χ1) is 14.6. The lowest BCUT2D eigenvalue weighted by Gasteiger charge is -2.35. The number of nitrogens with one attached hydrogen (secondary N) is 1. The number of nitrogens with zero attached hydrogens (tertiary/aromatic N) is 5. The number of rotatable bonds is 8. The van der Waals surface area contributed by atoms with Crippen molar-refractivity contribution in [3.8, 4) is 0 Å². The van der Waals surface area contributed by atoms with Crippen molar-refractivity contribution < 1.29 is 9.47 Å². The SMILES string of the molecule is CCNC(=NCC(c1cnn(C)c1)N(C)C)N1CCC(OCC2CCCCO2)CC1.I. The van der Waals surface area contributed by atoms with E-state index in [0.717, 1.165) is 58.1 Å². The summed E-state index contributed by atoms with van der Waals surface area (Å²) in [6, 6.07) is 0.212. The molecule has 0 bridgehead atoms. The molecule has 3 rings (SSSR count). The average Bonchev–Trinajstić information content (AvgIpc) is 3.18. The lowest BCUT2D eigenvalue weighted by atomic mass is 10.1. The number of hydrogen-bond donors (Lipinski definition) is 1. The van der Waals surface area contributed by atoms with E-state index in [2.05, 4.69) is 47.4 Å². The van der Waals surface area contributed by atoms with Crippen molar-refractivity contribution in [1.29, 1.82) is 0 Å². The van der Waals surface area contributed by atoms with Gasteiger partial charge in [0.2, 0.25) is 0 Å². The molecule has 2 atom stereocenters. The summed E-state index contributed by atoms with van der Waals surface area (Å²) in [5, 5.41) is 7.80. The van der Waals surface area contributed by atoms with Crippen LogP contribution < -0.4 is 5.32 Å². The molecule has 0 aromatic carbocycles. The topological polar surface area (TPSA) is 67.2 Å². The van der Waals surface area contributed by atoms with Crippen molar-refractivity contribution in [2.75, 3.05) is 53.5 Å². The fraction of sp³-hybridized carbons (Fsp3) is 0.818. The zero-order valence-electron chi connectivity index (χ0n) is 19.6. The molecule has 31 heavy (non-hydrogen) atoms. The molecule has 9 heteroatoms. The number of ether oxygens (including phenoxy) is 2. The highest BCUT2D eigenvalue weighted by molar-refractivity contribution is 14.0. The number of likely N-dealkylation sites (tertiary alicyclic amines) is 1. The third-order valence-electron chi connectivity index (χ3n) is 6.02. The van der Waals surface area contributed by atoms with E-state index in [4.69, 9.17) is 14.5 Å². The van der Waals surface area contributed by atoms with Gasteiger partial charge in [-0.2, -0.15) is 5.10 Å². The Morgan fingerprint density at radius 2 is 2.10 bits per heavy atom. The number of aryl methyl sites for hydroxylation is 1. The molecule has 3 heterocycles. The summed E-state index contributed by atoms with van der Waals surface area (Å²) in [5.74, 6) is 1.00. The first-order valence-electron chi connectivity index (χ1n) is 11.5. The van der Waals surface area contributed by atoms with Crippen molar-refractivity contribution in [2.24, 2.45) is 12.0 Å². The monoisotopic (exact) mass is 548 g/mol. The van der Waals surface area contributed by atoms with Gasteiger partial charge in [0.1, 0.15) is 0 Å². The van der Waals surface area contributed by atoms with Crippen LogP contribution in [0.2, 0.25) is 0 Å². The second-order valence-corrected chi connectivity index (χ2v) is 8.63. The second-order valence-electron chi connectivity index (χ2n) is 8.63. The van der Waals surface area contributed by atoms with Crippen LogP contribution in [0.1, 0.15) is 50.6 Å². The quantitative estimate of drug-likeness (QED) is 0.306. The van der Waals surface area contributed by atoms with E-state index in [1.165, 1.54) is 18.4 Å². The molecular formula is C22H41IN6O2. The molecule has 178 valence electrons. The third kappa shape index (κ3) is 8.18. The van der Waals surface area contributed by atoms with Crippen molar-refractivity contribution >= 4 is 29.9 Å². The number of aliphatic imine (C=N–C) groups is 1. The van der Waals surface area contributed by atoms with Gasteiger partial charge in [0.15, 0.2) is 5.96 Å². The Bertz CT molecular complexity index is 654. The van der Waals surface area contributed by atoms with E-state index in [1.54, 1.807) is 0 Å². The van der Waals surface area contributed by atoms with E-state index < -0.39 is 0 Å². The van der Waals surface area contributed by atoms with Crippen LogP contribution in [0.4, 0.5) is 0 Å². The van der Waals surface area contributed by atoms with Crippen LogP contribution >= 0.6 is 24.0 Å². The van der Waals surface area contributed by atoms with Gasteiger partial charge in [-0.25, -0.2) is 0 Å². The van der Waals surface area contributed by atoms with E-state index in [-0.39, 0.29) is 30.0 Å². The number of halogens is 1. The van der Waals surface area contributed by atoms with E-state index in [0.29, 0.717) is 18.8 Å². The van der Waals surface area contributed by atoms with E-state index in [9.17, 15) is 0 Å². The largest absolute Gasteiger partial charge is 0.376 e. The first-order valence-corrected chi connectivity index (χ1v) is 11.5. The number of aromatic nitrogens is 2. The molecule has 2 unspecified atom stereocenters. The predicted molar refractivity (Wildman–Crippen MR) is 135 cm³/mol. The molecule has 1 N–H and O–H groups in total. The van der Waals surface area contributed by atoms with Gasteiger partial charge in [0.05, 0.1) is 37.6 Å². The molecule has 0 spiro atoms. The highest BCUT2D eigenvalue weighted by Crippen LogP contribution is 2.20. The molecule has 0 saturated carbocycles. The van der Waals surface area contributed by atoms with Crippen LogP contribution in [0, 0.1) is 0 Å². The smallest absolute Gasteiger partial charge is 0.193 e. The fourth-order valence-corrected chi connectivity index (χ4v) is 4.19. The molecule has 0 radical (unpaired) electrons. The van der Waals surface area contributed by atoms with Gasteiger partial charge in [-0.05, 0) is 53.1 Å². The second kappa shape index (κ2) is 13.6. The van der Waals surface area contributed by atoms with Crippen molar-refractivity contribution in [3.63, 3.8) is 0 Å². The Labute approximate surface area is 204 Å². The summed E-state index contributed by atoms with van der Waals surface area (Å²) < 4.78 is 13.8. The van der Waals surface area contributed by atoms with Gasteiger partial charge in [-0.1, -0.05) is 0 Å². The lowest BCUT2D eigenvalue weighted by Crippen LogP contribution is -2.47. The Morgan fingerprint density at radius 1 is 1.32 bits per heavy atom. The third-order valence-corrected chi connectivity index (χ3v) is 6.02. The van der Waals surface area contributed by atoms with E-state index >= 15 is 0 Å². The lowest BCUT2D eigenvalue weighted by molar-refractivity contribution is -0.0721. The minimum absolute atomic E-state index is 0. The minimum Gasteiger partial charge on any atom is -0.376 e. The Hall–Kier alpha value is -0.910. The first kappa shape index (κ1) is 26.3. The molecule has 2 fully saturated rings. The standard InChI is InChI=1S/C22H40N6O2.HI/c1-5-23-22(24-15-21(26(2)3)18-14-25-27(4)16-18)28-11-9-19(10-12-28)30-17-20-8-6-7-13-29-20;/h14,16,19-21H,5-13,15,17H2,1-4H3,(H,23,24);1H. The van der Waals surface area contributed by atoms with Crippen molar-refractivity contribution in [3.05, 3.63) is 18.0 Å². The highest BCUT2D eigenvalue weighted by atomic mass is 127. The predicted octanol–water partition coefficient (Wildman–Crippen LogP) is 2.66. The number of guanidine groups is 1. The Morgan fingerprint density at radius 3 is 2.68 bits per heavy atom. The van der Waals surface area contributed by atoms with Crippen LogP contribution in [0.25, 0.3) is 0 Å². The maximum Gasteiger partial charge on any atom is 0.193 e. The fourth-order valence-electron chi connectivity index (χ4n) is 4.19.